The van der Waals surface area contributed by atoms with Crippen LogP contribution < -0.4 is 19.6 Å². The largest absolute Gasteiger partial charge is 0.497 e. The molecule has 0 aromatic heterocycles. The number of thioether (sulfide) groups is 1. The highest BCUT2D eigenvalue weighted by Crippen LogP contribution is 2.35. The molecule has 1 amide bonds. The topological polar surface area (TPSA) is 69.2 Å². The minimum Gasteiger partial charge on any atom is -0.497 e. The van der Waals surface area contributed by atoms with E-state index in [2.05, 4.69) is 26.5 Å². The van der Waals surface area contributed by atoms with Gasteiger partial charge in [-0.05, 0) is 51.3 Å². The van der Waals surface area contributed by atoms with Gasteiger partial charge in [-0.25, -0.2) is 5.43 Å². The van der Waals surface area contributed by atoms with E-state index in [-0.39, 0.29) is 5.91 Å². The summed E-state index contributed by atoms with van der Waals surface area (Å²) in [5.41, 5.74) is 4.42. The van der Waals surface area contributed by atoms with Crippen molar-refractivity contribution >= 4 is 39.8 Å². The van der Waals surface area contributed by atoms with Gasteiger partial charge in [0.05, 0.1) is 37.8 Å². The molecule has 2 rings (SSSR count). The summed E-state index contributed by atoms with van der Waals surface area (Å²) in [6, 6.07) is 11.4. The van der Waals surface area contributed by atoms with E-state index in [0.717, 1.165) is 27.1 Å². The maximum absolute atomic E-state index is 11.9. The molecule has 0 saturated heterocycles. The number of hydrazone groups is 1. The SMILES string of the molecule is COc1ccc(CSCC(=O)N/N=C\c2cc(Br)c(OC)c(OC)c2)cc1. The van der Waals surface area contributed by atoms with Crippen molar-refractivity contribution in [2.75, 3.05) is 27.1 Å². The number of hydrogen-bond donors (Lipinski definition) is 1. The molecule has 27 heavy (non-hydrogen) atoms. The van der Waals surface area contributed by atoms with Crippen LogP contribution in [-0.4, -0.2) is 39.2 Å². The maximum Gasteiger partial charge on any atom is 0.250 e. The maximum atomic E-state index is 11.9. The number of carbonyl (C=O) groups is 1. The van der Waals surface area contributed by atoms with E-state index in [1.807, 2.05) is 30.3 Å². The second-order valence-corrected chi connectivity index (χ2v) is 7.21. The fourth-order valence-electron chi connectivity index (χ4n) is 2.21. The number of amides is 1. The van der Waals surface area contributed by atoms with Crippen LogP contribution in [0.1, 0.15) is 11.1 Å². The third-order valence-corrected chi connectivity index (χ3v) is 5.11. The molecule has 0 aliphatic rings. The number of methoxy groups -OCH3 is 3. The second-order valence-electron chi connectivity index (χ2n) is 5.37. The van der Waals surface area contributed by atoms with Gasteiger partial charge in [0.2, 0.25) is 5.91 Å². The second kappa shape index (κ2) is 10.8. The highest BCUT2D eigenvalue weighted by atomic mass is 79.9. The van der Waals surface area contributed by atoms with Crippen LogP contribution in [0.2, 0.25) is 0 Å². The molecule has 1 N–H and O–H groups in total. The Kier molecular flexibility index (Phi) is 8.47. The van der Waals surface area contributed by atoms with E-state index < -0.39 is 0 Å². The Labute approximate surface area is 171 Å². The molecule has 8 heteroatoms. The molecule has 0 saturated carbocycles. The van der Waals surface area contributed by atoms with Crippen molar-refractivity contribution in [3.05, 3.63) is 52.0 Å². The zero-order valence-corrected chi connectivity index (χ0v) is 17.7. The van der Waals surface area contributed by atoms with Crippen LogP contribution in [-0.2, 0) is 10.5 Å². The Morgan fingerprint density at radius 1 is 1.15 bits per heavy atom. The molecule has 0 aliphatic carbocycles. The summed E-state index contributed by atoms with van der Waals surface area (Å²) in [5, 5.41) is 3.99. The van der Waals surface area contributed by atoms with Crippen molar-refractivity contribution in [2.45, 2.75) is 5.75 Å². The van der Waals surface area contributed by atoms with Crippen molar-refractivity contribution in [1.82, 2.24) is 5.43 Å². The van der Waals surface area contributed by atoms with Crippen molar-refractivity contribution < 1.29 is 19.0 Å². The molecule has 0 bridgehead atoms. The molecule has 0 unspecified atom stereocenters. The van der Waals surface area contributed by atoms with Gasteiger partial charge in [-0.2, -0.15) is 5.10 Å². The van der Waals surface area contributed by atoms with Crippen molar-refractivity contribution in [1.29, 1.82) is 0 Å². The summed E-state index contributed by atoms with van der Waals surface area (Å²) < 4.78 is 16.4. The average Bonchev–Trinajstić information content (AvgIpc) is 2.68. The Hall–Kier alpha value is -2.19. The fraction of sp³-hybridized carbons (Fsp3) is 0.263. The lowest BCUT2D eigenvalue weighted by atomic mass is 10.2. The number of carbonyl (C=O) groups excluding carboxylic acids is 1. The first-order valence-corrected chi connectivity index (χ1v) is 9.96. The smallest absolute Gasteiger partial charge is 0.250 e. The lowest BCUT2D eigenvalue weighted by Crippen LogP contribution is -2.19. The summed E-state index contributed by atoms with van der Waals surface area (Å²) in [6.45, 7) is 0. The van der Waals surface area contributed by atoms with Crippen LogP contribution in [0, 0.1) is 0 Å². The molecule has 0 heterocycles. The van der Waals surface area contributed by atoms with E-state index in [9.17, 15) is 4.79 Å². The van der Waals surface area contributed by atoms with E-state index in [4.69, 9.17) is 14.2 Å². The van der Waals surface area contributed by atoms with Gasteiger partial charge in [0.1, 0.15) is 5.75 Å². The minimum atomic E-state index is -0.163. The predicted octanol–water partition coefficient (Wildman–Crippen LogP) is 3.86. The van der Waals surface area contributed by atoms with Gasteiger partial charge >= 0.3 is 0 Å². The normalized spacial score (nSPS) is 10.7. The van der Waals surface area contributed by atoms with E-state index in [0.29, 0.717) is 17.3 Å². The van der Waals surface area contributed by atoms with Gasteiger partial charge in [0.25, 0.3) is 0 Å². The van der Waals surface area contributed by atoms with Crippen molar-refractivity contribution in [3.63, 3.8) is 0 Å². The highest BCUT2D eigenvalue weighted by Gasteiger charge is 2.09. The van der Waals surface area contributed by atoms with Crippen molar-refractivity contribution in [2.24, 2.45) is 5.10 Å². The number of ether oxygens (including phenoxy) is 3. The van der Waals surface area contributed by atoms with E-state index in [1.54, 1.807) is 33.6 Å². The molecule has 2 aromatic carbocycles. The molecular formula is C19H21BrN2O4S. The van der Waals surface area contributed by atoms with E-state index in [1.165, 1.54) is 11.8 Å². The third-order valence-electron chi connectivity index (χ3n) is 3.52. The summed E-state index contributed by atoms with van der Waals surface area (Å²) in [4.78, 5) is 11.9. The number of nitrogens with one attached hydrogen (secondary N) is 1. The molecule has 0 fully saturated rings. The Balaban J connectivity index is 1.81. The first-order chi connectivity index (χ1) is 13.1. The van der Waals surface area contributed by atoms with Gasteiger partial charge in [-0.15, -0.1) is 11.8 Å². The summed E-state index contributed by atoms with van der Waals surface area (Å²) in [5.74, 6) is 2.90. The number of nitrogens with zero attached hydrogens (tertiary/aromatic N) is 1. The lowest BCUT2D eigenvalue weighted by molar-refractivity contribution is -0.118. The number of rotatable bonds is 9. The average molecular weight is 453 g/mol. The van der Waals surface area contributed by atoms with Crippen LogP contribution in [0.25, 0.3) is 0 Å². The van der Waals surface area contributed by atoms with Crippen LogP contribution >= 0.6 is 27.7 Å². The molecular weight excluding hydrogens is 432 g/mol. The molecule has 0 aliphatic heterocycles. The van der Waals surface area contributed by atoms with Crippen LogP contribution in [0.15, 0.2) is 46.0 Å². The summed E-state index contributed by atoms with van der Waals surface area (Å²) in [6.07, 6.45) is 1.55. The fourth-order valence-corrected chi connectivity index (χ4v) is 3.61. The lowest BCUT2D eigenvalue weighted by Gasteiger charge is -2.10. The monoisotopic (exact) mass is 452 g/mol. The van der Waals surface area contributed by atoms with Crippen LogP contribution in [0.3, 0.4) is 0 Å². The first-order valence-electron chi connectivity index (χ1n) is 8.01. The van der Waals surface area contributed by atoms with Gasteiger partial charge < -0.3 is 14.2 Å². The van der Waals surface area contributed by atoms with Gasteiger partial charge in [0, 0.05) is 5.75 Å². The number of benzene rings is 2. The zero-order chi connectivity index (χ0) is 19.6. The number of hydrogen-bond acceptors (Lipinski definition) is 6. The summed E-state index contributed by atoms with van der Waals surface area (Å²) in [7, 11) is 4.77. The van der Waals surface area contributed by atoms with Crippen LogP contribution in [0.4, 0.5) is 0 Å². The molecule has 0 atom stereocenters. The first kappa shape index (κ1) is 21.1. The molecule has 6 nitrogen and oxygen atoms in total. The van der Waals surface area contributed by atoms with Crippen LogP contribution in [0.5, 0.6) is 17.2 Å². The molecule has 0 spiro atoms. The quantitative estimate of drug-likeness (QED) is 0.462. The zero-order valence-electron chi connectivity index (χ0n) is 15.3. The highest BCUT2D eigenvalue weighted by molar-refractivity contribution is 9.10. The van der Waals surface area contributed by atoms with E-state index >= 15 is 0 Å². The Morgan fingerprint density at radius 3 is 2.52 bits per heavy atom. The van der Waals surface area contributed by atoms with Gasteiger partial charge in [0.15, 0.2) is 11.5 Å². The summed E-state index contributed by atoms with van der Waals surface area (Å²) >= 11 is 4.94. The molecule has 2 aromatic rings. The van der Waals surface area contributed by atoms with Gasteiger partial charge in [-0.1, -0.05) is 12.1 Å². The van der Waals surface area contributed by atoms with Crippen molar-refractivity contribution in [3.8, 4) is 17.2 Å². The third kappa shape index (κ3) is 6.48. The van der Waals surface area contributed by atoms with Gasteiger partial charge in [-0.3, -0.25) is 4.79 Å². The molecule has 144 valence electrons. The minimum absolute atomic E-state index is 0.163. The Morgan fingerprint density at radius 2 is 1.89 bits per heavy atom. The Bertz CT molecular complexity index is 797. The predicted molar refractivity (Wildman–Crippen MR) is 112 cm³/mol. The standard InChI is InChI=1S/C19H21BrN2O4S/c1-24-15-6-4-13(5-7-15)11-27-12-18(23)22-21-10-14-8-16(20)19(26-3)17(9-14)25-2/h4-10H,11-12H2,1-3H3,(H,22,23)/b21-10-. The number of halogens is 1. The molecule has 0 radical (unpaired) electrons.